The first-order valence-electron chi connectivity index (χ1n) is 6.99. The average molecular weight is 334 g/mol. The molecule has 23 heavy (non-hydrogen) atoms. The lowest BCUT2D eigenvalue weighted by Gasteiger charge is -2.20. The number of aryl methyl sites for hydroxylation is 1. The number of hydrogen-bond donors (Lipinski definition) is 1. The predicted octanol–water partition coefficient (Wildman–Crippen LogP) is 1.91. The molecule has 1 aliphatic rings. The fraction of sp³-hybridized carbons (Fsp3) is 0.188. The molecule has 2 N–H and O–H groups in total. The van der Waals surface area contributed by atoms with Crippen molar-refractivity contribution in [1.82, 2.24) is 0 Å². The Morgan fingerprint density at radius 2 is 1.96 bits per heavy atom. The molecule has 3 rings (SSSR count). The van der Waals surface area contributed by atoms with Gasteiger partial charge in [-0.15, -0.1) is 0 Å². The maximum absolute atomic E-state index is 14.1. The summed E-state index contributed by atoms with van der Waals surface area (Å²) in [5.74, 6) is -2.18. The number of rotatable bonds is 3. The van der Waals surface area contributed by atoms with E-state index in [0.29, 0.717) is 16.8 Å². The number of halogens is 1. The van der Waals surface area contributed by atoms with Crippen LogP contribution in [0.2, 0.25) is 0 Å². The van der Waals surface area contributed by atoms with Crippen molar-refractivity contribution in [3.63, 3.8) is 0 Å². The van der Waals surface area contributed by atoms with E-state index in [-0.39, 0.29) is 6.54 Å². The van der Waals surface area contributed by atoms with Crippen molar-refractivity contribution in [3.8, 4) is 0 Å². The Morgan fingerprint density at radius 1 is 1.26 bits per heavy atom. The zero-order chi connectivity index (χ0) is 16.8. The van der Waals surface area contributed by atoms with Gasteiger partial charge in [0.25, 0.3) is 10.0 Å². The lowest BCUT2D eigenvalue weighted by Crippen LogP contribution is -2.33. The summed E-state index contributed by atoms with van der Waals surface area (Å²) in [7, 11) is -4.12. The Labute approximate surface area is 133 Å². The van der Waals surface area contributed by atoms with E-state index in [1.807, 2.05) is 0 Å². The van der Waals surface area contributed by atoms with Gasteiger partial charge in [0.05, 0.1) is 18.2 Å². The summed E-state index contributed by atoms with van der Waals surface area (Å²) in [5.41, 5.74) is 6.90. The number of hydrogen-bond acceptors (Lipinski definition) is 3. The number of benzene rings is 2. The number of para-hydroxylation sites is 1. The van der Waals surface area contributed by atoms with Gasteiger partial charge in [-0.1, -0.05) is 24.3 Å². The number of nitrogens with zero attached hydrogens (tertiary/aromatic N) is 1. The van der Waals surface area contributed by atoms with E-state index in [1.54, 1.807) is 31.2 Å². The minimum absolute atomic E-state index is 0.121. The third-order valence-corrected chi connectivity index (χ3v) is 5.72. The lowest BCUT2D eigenvalue weighted by molar-refractivity contribution is -0.119. The molecule has 5 nitrogen and oxygen atoms in total. The quantitative estimate of drug-likeness (QED) is 0.931. The number of fused-ring (bicyclic) bond motifs is 1. The van der Waals surface area contributed by atoms with E-state index in [1.165, 1.54) is 12.1 Å². The molecule has 1 aliphatic heterocycles. The standard InChI is InChI=1S/C16H15FN2O3S/c1-10-6-7-13(17)15(8-10)23(21,22)19-9-12(16(18)20)11-4-2-3-5-14(11)19/h2-8,12H,9H2,1H3,(H2,18,20)/t12-/m1/s1. The molecule has 7 heteroatoms. The van der Waals surface area contributed by atoms with Gasteiger partial charge in [0.15, 0.2) is 0 Å². The van der Waals surface area contributed by atoms with Gasteiger partial charge in [0.1, 0.15) is 10.7 Å². The van der Waals surface area contributed by atoms with Crippen LogP contribution in [0.4, 0.5) is 10.1 Å². The summed E-state index contributed by atoms with van der Waals surface area (Å²) in [6.45, 7) is 1.56. The Hall–Kier alpha value is -2.41. The molecule has 1 heterocycles. The minimum atomic E-state index is -4.12. The van der Waals surface area contributed by atoms with Gasteiger partial charge in [0, 0.05) is 0 Å². The van der Waals surface area contributed by atoms with Crippen LogP contribution in [-0.2, 0) is 14.8 Å². The molecule has 0 bridgehead atoms. The maximum Gasteiger partial charge on any atom is 0.267 e. The molecule has 1 atom stereocenters. The number of nitrogens with two attached hydrogens (primary N) is 1. The zero-order valence-electron chi connectivity index (χ0n) is 12.4. The van der Waals surface area contributed by atoms with Gasteiger partial charge in [0.2, 0.25) is 5.91 Å². The summed E-state index contributed by atoms with van der Waals surface area (Å²) >= 11 is 0. The van der Waals surface area contributed by atoms with Crippen molar-refractivity contribution in [2.24, 2.45) is 5.73 Å². The summed E-state index contributed by atoms with van der Waals surface area (Å²) in [4.78, 5) is 11.2. The molecule has 0 fully saturated rings. The van der Waals surface area contributed by atoms with Crippen LogP contribution in [0.3, 0.4) is 0 Å². The molecule has 120 valence electrons. The summed E-state index contributed by atoms with van der Waals surface area (Å²) < 4.78 is 40.8. The van der Waals surface area contributed by atoms with E-state index >= 15 is 0 Å². The van der Waals surface area contributed by atoms with Crippen LogP contribution in [0.1, 0.15) is 17.0 Å². The molecule has 0 saturated carbocycles. The second kappa shape index (κ2) is 5.34. The Bertz CT molecular complexity index is 896. The molecule has 0 radical (unpaired) electrons. The molecule has 0 spiro atoms. The minimum Gasteiger partial charge on any atom is -0.369 e. The molecule has 2 aromatic rings. The van der Waals surface area contributed by atoms with E-state index in [0.717, 1.165) is 10.4 Å². The number of primary amides is 1. The molecule has 1 amide bonds. The molecule has 0 aromatic heterocycles. The van der Waals surface area contributed by atoms with Gasteiger partial charge >= 0.3 is 0 Å². The van der Waals surface area contributed by atoms with Crippen LogP contribution in [0.25, 0.3) is 0 Å². The highest BCUT2D eigenvalue weighted by Crippen LogP contribution is 2.39. The lowest BCUT2D eigenvalue weighted by atomic mass is 10.0. The molecule has 0 aliphatic carbocycles. The van der Waals surface area contributed by atoms with Crippen LogP contribution >= 0.6 is 0 Å². The zero-order valence-corrected chi connectivity index (χ0v) is 13.2. The van der Waals surface area contributed by atoms with E-state index in [2.05, 4.69) is 0 Å². The van der Waals surface area contributed by atoms with Crippen molar-refractivity contribution in [2.75, 3.05) is 10.8 Å². The van der Waals surface area contributed by atoms with Crippen LogP contribution in [0, 0.1) is 12.7 Å². The highest BCUT2D eigenvalue weighted by molar-refractivity contribution is 7.92. The number of anilines is 1. The summed E-state index contributed by atoms with van der Waals surface area (Å²) in [6, 6.07) is 10.5. The van der Waals surface area contributed by atoms with Gasteiger partial charge in [-0.25, -0.2) is 12.8 Å². The van der Waals surface area contributed by atoms with Gasteiger partial charge < -0.3 is 5.73 Å². The summed E-state index contributed by atoms with van der Waals surface area (Å²) in [6.07, 6.45) is 0. The van der Waals surface area contributed by atoms with Gasteiger partial charge in [-0.05, 0) is 36.2 Å². The first kappa shape index (κ1) is 15.5. The Morgan fingerprint density at radius 3 is 2.65 bits per heavy atom. The van der Waals surface area contributed by atoms with Crippen LogP contribution in [0.5, 0.6) is 0 Å². The predicted molar refractivity (Wildman–Crippen MR) is 84.0 cm³/mol. The van der Waals surface area contributed by atoms with Gasteiger partial charge in [-0.3, -0.25) is 9.10 Å². The van der Waals surface area contributed by atoms with Crippen LogP contribution in [0.15, 0.2) is 47.4 Å². The first-order chi connectivity index (χ1) is 10.8. The highest BCUT2D eigenvalue weighted by Gasteiger charge is 2.39. The van der Waals surface area contributed by atoms with Crippen molar-refractivity contribution >= 4 is 21.6 Å². The third kappa shape index (κ3) is 2.46. The third-order valence-electron chi connectivity index (χ3n) is 3.93. The van der Waals surface area contributed by atoms with Crippen molar-refractivity contribution in [1.29, 1.82) is 0 Å². The largest absolute Gasteiger partial charge is 0.369 e. The van der Waals surface area contributed by atoms with Crippen molar-refractivity contribution in [2.45, 2.75) is 17.7 Å². The smallest absolute Gasteiger partial charge is 0.267 e. The molecule has 0 unspecified atom stereocenters. The second-order valence-corrected chi connectivity index (χ2v) is 7.31. The van der Waals surface area contributed by atoms with E-state index in [4.69, 9.17) is 5.73 Å². The first-order valence-corrected chi connectivity index (χ1v) is 8.43. The fourth-order valence-electron chi connectivity index (χ4n) is 2.77. The van der Waals surface area contributed by atoms with Crippen molar-refractivity contribution in [3.05, 3.63) is 59.4 Å². The molecular weight excluding hydrogens is 319 g/mol. The Balaban J connectivity index is 2.15. The van der Waals surface area contributed by atoms with Gasteiger partial charge in [-0.2, -0.15) is 0 Å². The highest BCUT2D eigenvalue weighted by atomic mass is 32.2. The number of amides is 1. The monoisotopic (exact) mass is 334 g/mol. The normalized spacial score (nSPS) is 17.1. The molecular formula is C16H15FN2O3S. The molecule has 2 aromatic carbocycles. The number of sulfonamides is 1. The average Bonchev–Trinajstić information content (AvgIpc) is 2.90. The fourth-order valence-corrected chi connectivity index (χ4v) is 4.43. The van der Waals surface area contributed by atoms with E-state index < -0.39 is 32.6 Å². The van der Waals surface area contributed by atoms with E-state index in [9.17, 15) is 17.6 Å². The maximum atomic E-state index is 14.1. The van der Waals surface area contributed by atoms with Crippen molar-refractivity contribution < 1.29 is 17.6 Å². The summed E-state index contributed by atoms with van der Waals surface area (Å²) in [5, 5.41) is 0. The number of carbonyl (C=O) groups excluding carboxylic acids is 1. The van der Waals surface area contributed by atoms with Crippen LogP contribution < -0.4 is 10.0 Å². The SMILES string of the molecule is Cc1ccc(F)c(S(=O)(=O)N2C[C@@H](C(N)=O)c3ccccc32)c1. The topological polar surface area (TPSA) is 80.5 Å². The number of carbonyl (C=O) groups is 1. The second-order valence-electron chi connectivity index (χ2n) is 5.48. The van der Waals surface area contributed by atoms with Crippen LogP contribution in [-0.4, -0.2) is 20.9 Å². The molecule has 0 saturated heterocycles. The Kier molecular flexibility index (Phi) is 3.60.